The van der Waals surface area contributed by atoms with E-state index in [9.17, 15) is 0 Å². The molecule has 1 heterocycles. The van der Waals surface area contributed by atoms with Crippen molar-refractivity contribution in [2.24, 2.45) is 0 Å². The zero-order chi connectivity index (χ0) is 12.8. The summed E-state index contributed by atoms with van der Waals surface area (Å²) in [6.07, 6.45) is 7.35. The fraction of sp³-hybridized carbons (Fsp3) is 0.714. The largest absolute Gasteiger partial charge is 0.364 e. The predicted octanol–water partition coefficient (Wildman–Crippen LogP) is 4.06. The molecule has 1 aromatic rings. The van der Waals surface area contributed by atoms with Gasteiger partial charge < -0.3 is 5.32 Å². The van der Waals surface area contributed by atoms with Gasteiger partial charge in [-0.25, -0.2) is 9.97 Å². The average Bonchev–Trinajstić information content (AvgIpc) is 3.12. The second kappa shape index (κ2) is 4.37. The third-order valence-electron chi connectivity index (χ3n) is 4.42. The van der Waals surface area contributed by atoms with Crippen LogP contribution in [0, 0.1) is 6.92 Å². The van der Waals surface area contributed by atoms with Gasteiger partial charge in [0, 0.05) is 17.0 Å². The van der Waals surface area contributed by atoms with E-state index in [1.807, 2.05) is 6.92 Å². The van der Waals surface area contributed by atoms with Gasteiger partial charge in [0.05, 0.1) is 0 Å². The molecular formula is C14H20ClN3. The number of halogens is 1. The quantitative estimate of drug-likeness (QED) is 0.835. The van der Waals surface area contributed by atoms with E-state index in [1.54, 1.807) is 0 Å². The van der Waals surface area contributed by atoms with E-state index in [4.69, 9.17) is 16.6 Å². The van der Waals surface area contributed by atoms with Gasteiger partial charge in [-0.3, -0.25) is 0 Å². The topological polar surface area (TPSA) is 37.8 Å². The van der Waals surface area contributed by atoms with Gasteiger partial charge >= 0.3 is 0 Å². The van der Waals surface area contributed by atoms with Crippen molar-refractivity contribution in [3.63, 3.8) is 0 Å². The Morgan fingerprint density at radius 2 is 2.06 bits per heavy atom. The molecule has 0 aromatic carbocycles. The highest BCUT2D eigenvalue weighted by atomic mass is 35.5. The first kappa shape index (κ1) is 12.2. The lowest BCUT2D eigenvalue weighted by atomic mass is 9.75. The predicted molar refractivity (Wildman–Crippen MR) is 74.2 cm³/mol. The molecule has 4 heteroatoms. The summed E-state index contributed by atoms with van der Waals surface area (Å²) in [6.45, 7) is 4.25. The molecule has 0 spiro atoms. The maximum Gasteiger partial charge on any atom is 0.137 e. The van der Waals surface area contributed by atoms with Gasteiger partial charge in [0.1, 0.15) is 16.8 Å². The van der Waals surface area contributed by atoms with Gasteiger partial charge in [0.25, 0.3) is 0 Å². The van der Waals surface area contributed by atoms with Crippen molar-refractivity contribution in [3.8, 4) is 0 Å². The van der Waals surface area contributed by atoms with Gasteiger partial charge in [-0.1, -0.05) is 18.5 Å². The molecule has 2 saturated carbocycles. The molecule has 0 amide bonds. The lowest BCUT2D eigenvalue weighted by molar-refractivity contribution is 0.268. The summed E-state index contributed by atoms with van der Waals surface area (Å²) >= 11 is 6.23. The van der Waals surface area contributed by atoms with Crippen LogP contribution in [-0.2, 0) is 0 Å². The SMILES string of the molecule is CCC1(Nc2nc(C3CC3)nc(Cl)c2C)CCC1. The minimum Gasteiger partial charge on any atom is -0.364 e. The Kier molecular flexibility index (Phi) is 2.97. The summed E-state index contributed by atoms with van der Waals surface area (Å²) < 4.78 is 0. The van der Waals surface area contributed by atoms with Gasteiger partial charge in [-0.15, -0.1) is 0 Å². The standard InChI is InChI=1S/C14H20ClN3/c1-3-14(7-4-8-14)18-12-9(2)11(15)16-13(17-12)10-5-6-10/h10H,3-8H2,1-2H3,(H,16,17,18). The fourth-order valence-electron chi connectivity index (χ4n) is 2.57. The maximum absolute atomic E-state index is 6.23. The van der Waals surface area contributed by atoms with Gasteiger partial charge in [-0.05, 0) is 45.4 Å². The van der Waals surface area contributed by atoms with Crippen molar-refractivity contribution in [1.29, 1.82) is 0 Å². The van der Waals surface area contributed by atoms with Crippen molar-refractivity contribution in [3.05, 3.63) is 16.5 Å². The van der Waals surface area contributed by atoms with Crippen molar-refractivity contribution < 1.29 is 0 Å². The number of hydrogen-bond acceptors (Lipinski definition) is 3. The molecule has 3 nitrogen and oxygen atoms in total. The van der Waals surface area contributed by atoms with Crippen LogP contribution in [0.3, 0.4) is 0 Å². The molecule has 2 fully saturated rings. The zero-order valence-corrected chi connectivity index (χ0v) is 11.8. The Hall–Kier alpha value is -0.830. The van der Waals surface area contributed by atoms with E-state index in [-0.39, 0.29) is 5.54 Å². The Bertz CT molecular complexity index is 459. The normalized spacial score (nSPS) is 21.5. The fourth-order valence-corrected chi connectivity index (χ4v) is 2.75. The van der Waals surface area contributed by atoms with Crippen molar-refractivity contribution in [2.75, 3.05) is 5.32 Å². The van der Waals surface area contributed by atoms with Crippen LogP contribution in [0.15, 0.2) is 0 Å². The molecule has 98 valence electrons. The van der Waals surface area contributed by atoms with E-state index in [1.165, 1.54) is 32.1 Å². The van der Waals surface area contributed by atoms with E-state index < -0.39 is 0 Å². The number of anilines is 1. The van der Waals surface area contributed by atoms with Gasteiger partial charge in [-0.2, -0.15) is 0 Å². The highest BCUT2D eigenvalue weighted by molar-refractivity contribution is 6.30. The van der Waals surface area contributed by atoms with Crippen molar-refractivity contribution >= 4 is 17.4 Å². The molecule has 0 saturated heterocycles. The van der Waals surface area contributed by atoms with Crippen LogP contribution in [0.4, 0.5) is 5.82 Å². The summed E-state index contributed by atoms with van der Waals surface area (Å²) in [7, 11) is 0. The molecule has 0 unspecified atom stereocenters. The summed E-state index contributed by atoms with van der Waals surface area (Å²) in [4.78, 5) is 9.11. The van der Waals surface area contributed by atoms with Gasteiger partial charge in [0.2, 0.25) is 0 Å². The molecule has 3 rings (SSSR count). The minimum absolute atomic E-state index is 0.253. The van der Waals surface area contributed by atoms with E-state index >= 15 is 0 Å². The van der Waals surface area contributed by atoms with Crippen LogP contribution in [-0.4, -0.2) is 15.5 Å². The molecule has 0 atom stereocenters. The molecule has 2 aliphatic rings. The van der Waals surface area contributed by atoms with Crippen LogP contribution in [0.2, 0.25) is 5.15 Å². The number of rotatable bonds is 4. The molecule has 2 aliphatic carbocycles. The summed E-state index contributed by atoms with van der Waals surface area (Å²) in [5.74, 6) is 2.43. The minimum atomic E-state index is 0.253. The second-order valence-electron chi connectivity index (χ2n) is 5.73. The molecule has 1 aromatic heterocycles. The average molecular weight is 266 g/mol. The number of aromatic nitrogens is 2. The summed E-state index contributed by atoms with van der Waals surface area (Å²) in [5.41, 5.74) is 1.24. The molecular weight excluding hydrogens is 246 g/mol. The zero-order valence-electron chi connectivity index (χ0n) is 11.1. The third kappa shape index (κ3) is 2.09. The highest BCUT2D eigenvalue weighted by Crippen LogP contribution is 2.42. The van der Waals surface area contributed by atoms with Crippen molar-refractivity contribution in [1.82, 2.24) is 9.97 Å². The number of hydrogen-bond donors (Lipinski definition) is 1. The van der Waals surface area contributed by atoms with Gasteiger partial charge in [0.15, 0.2) is 0 Å². The van der Waals surface area contributed by atoms with Crippen LogP contribution in [0.1, 0.15) is 62.8 Å². The van der Waals surface area contributed by atoms with E-state index in [0.717, 1.165) is 23.6 Å². The van der Waals surface area contributed by atoms with E-state index in [0.29, 0.717) is 11.1 Å². The highest BCUT2D eigenvalue weighted by Gasteiger charge is 2.36. The van der Waals surface area contributed by atoms with E-state index in [2.05, 4.69) is 17.2 Å². The monoisotopic (exact) mass is 265 g/mol. The Balaban J connectivity index is 1.90. The Morgan fingerprint density at radius 1 is 1.33 bits per heavy atom. The van der Waals surface area contributed by atoms with Crippen LogP contribution in [0.25, 0.3) is 0 Å². The smallest absolute Gasteiger partial charge is 0.137 e. The first-order valence-corrected chi connectivity index (χ1v) is 7.33. The lowest BCUT2D eigenvalue weighted by Gasteiger charge is -2.42. The number of nitrogens with zero attached hydrogens (tertiary/aromatic N) is 2. The first-order valence-electron chi connectivity index (χ1n) is 6.96. The maximum atomic E-state index is 6.23. The van der Waals surface area contributed by atoms with Crippen LogP contribution < -0.4 is 5.32 Å². The molecule has 0 bridgehead atoms. The molecule has 0 radical (unpaired) electrons. The lowest BCUT2D eigenvalue weighted by Crippen LogP contribution is -2.44. The Labute approximate surface area is 113 Å². The summed E-state index contributed by atoms with van der Waals surface area (Å²) in [5, 5.41) is 4.25. The first-order chi connectivity index (χ1) is 8.63. The Morgan fingerprint density at radius 3 is 2.56 bits per heavy atom. The third-order valence-corrected chi connectivity index (χ3v) is 4.79. The van der Waals surface area contributed by atoms with Crippen LogP contribution >= 0.6 is 11.6 Å². The summed E-state index contributed by atoms with van der Waals surface area (Å²) in [6, 6.07) is 0. The molecule has 0 aliphatic heterocycles. The van der Waals surface area contributed by atoms with Crippen LogP contribution in [0.5, 0.6) is 0 Å². The second-order valence-corrected chi connectivity index (χ2v) is 6.09. The van der Waals surface area contributed by atoms with Crippen molar-refractivity contribution in [2.45, 2.75) is 63.8 Å². The molecule has 18 heavy (non-hydrogen) atoms. The number of nitrogens with one attached hydrogen (secondary N) is 1. The molecule has 1 N–H and O–H groups in total.